The standard InChI is InChI=1S/C14H12FNO3/c1-8-5-6-9(15)10(7-8)16-14(19)13-11(17)3-2-4-12(13)18/h2-7,17-18H,1H3,(H,16,19). The number of hydrogen-bond acceptors (Lipinski definition) is 3. The molecule has 2 aromatic carbocycles. The number of carbonyl (C=O) groups excluding carboxylic acids is 1. The molecular formula is C14H12FNO3. The van der Waals surface area contributed by atoms with Gasteiger partial charge in [0.05, 0.1) is 5.69 Å². The van der Waals surface area contributed by atoms with Crippen molar-refractivity contribution in [3.8, 4) is 11.5 Å². The molecule has 0 aliphatic rings. The first-order chi connectivity index (χ1) is 8.99. The number of aryl methyl sites for hydroxylation is 1. The molecule has 5 heteroatoms. The lowest BCUT2D eigenvalue weighted by atomic mass is 10.1. The Morgan fingerprint density at radius 3 is 2.42 bits per heavy atom. The van der Waals surface area contributed by atoms with Crippen LogP contribution in [0.25, 0.3) is 0 Å². The van der Waals surface area contributed by atoms with Crippen molar-refractivity contribution in [1.29, 1.82) is 0 Å². The second-order valence-electron chi connectivity index (χ2n) is 4.11. The summed E-state index contributed by atoms with van der Waals surface area (Å²) in [5, 5.41) is 21.4. The molecule has 2 aromatic rings. The predicted octanol–water partition coefficient (Wildman–Crippen LogP) is 2.80. The van der Waals surface area contributed by atoms with E-state index in [-0.39, 0.29) is 22.7 Å². The molecule has 0 saturated heterocycles. The number of phenols is 2. The Labute approximate surface area is 109 Å². The number of nitrogens with one attached hydrogen (secondary N) is 1. The van der Waals surface area contributed by atoms with E-state index in [1.807, 2.05) is 0 Å². The Hall–Kier alpha value is -2.56. The Morgan fingerprint density at radius 2 is 1.79 bits per heavy atom. The predicted molar refractivity (Wildman–Crippen MR) is 68.9 cm³/mol. The van der Waals surface area contributed by atoms with Crippen LogP contribution < -0.4 is 5.32 Å². The Bertz CT molecular complexity index is 620. The Morgan fingerprint density at radius 1 is 1.16 bits per heavy atom. The van der Waals surface area contributed by atoms with Crippen LogP contribution in [0.1, 0.15) is 15.9 Å². The molecule has 0 aromatic heterocycles. The summed E-state index contributed by atoms with van der Waals surface area (Å²) >= 11 is 0. The lowest BCUT2D eigenvalue weighted by Crippen LogP contribution is -2.13. The number of phenolic OH excluding ortho intramolecular Hbond substituents is 2. The molecule has 0 heterocycles. The highest BCUT2D eigenvalue weighted by Gasteiger charge is 2.17. The third-order valence-electron chi connectivity index (χ3n) is 2.62. The third-order valence-corrected chi connectivity index (χ3v) is 2.62. The van der Waals surface area contributed by atoms with Gasteiger partial charge in [-0.05, 0) is 36.8 Å². The molecule has 0 aliphatic carbocycles. The molecule has 0 radical (unpaired) electrons. The maximum absolute atomic E-state index is 13.5. The summed E-state index contributed by atoms with van der Waals surface area (Å²) in [5.74, 6) is -2.11. The summed E-state index contributed by atoms with van der Waals surface area (Å²) in [6.45, 7) is 1.76. The average molecular weight is 261 g/mol. The SMILES string of the molecule is Cc1ccc(F)c(NC(=O)c2c(O)cccc2O)c1. The van der Waals surface area contributed by atoms with Gasteiger partial charge in [-0.3, -0.25) is 4.79 Å². The average Bonchev–Trinajstić information content (AvgIpc) is 2.33. The highest BCUT2D eigenvalue weighted by atomic mass is 19.1. The molecule has 3 N–H and O–H groups in total. The number of benzene rings is 2. The van der Waals surface area contributed by atoms with E-state index in [9.17, 15) is 19.4 Å². The minimum atomic E-state index is -0.778. The molecule has 0 atom stereocenters. The monoisotopic (exact) mass is 261 g/mol. The zero-order valence-corrected chi connectivity index (χ0v) is 10.1. The summed E-state index contributed by atoms with van der Waals surface area (Å²) in [6, 6.07) is 8.19. The molecule has 0 bridgehead atoms. The first-order valence-corrected chi connectivity index (χ1v) is 5.57. The quantitative estimate of drug-likeness (QED) is 0.778. The number of rotatable bonds is 2. The van der Waals surface area contributed by atoms with Crippen LogP contribution in [-0.2, 0) is 0 Å². The van der Waals surface area contributed by atoms with Gasteiger partial charge in [0, 0.05) is 0 Å². The van der Waals surface area contributed by atoms with Crippen LogP contribution in [0.5, 0.6) is 11.5 Å². The van der Waals surface area contributed by atoms with Gasteiger partial charge >= 0.3 is 0 Å². The summed E-state index contributed by atoms with van der Waals surface area (Å²) in [5.41, 5.74) is 0.481. The van der Waals surface area contributed by atoms with Crippen molar-refractivity contribution < 1.29 is 19.4 Å². The molecule has 19 heavy (non-hydrogen) atoms. The van der Waals surface area contributed by atoms with Crippen LogP contribution in [0.15, 0.2) is 36.4 Å². The Kier molecular flexibility index (Phi) is 3.37. The minimum absolute atomic E-state index is 0.00680. The van der Waals surface area contributed by atoms with Crippen LogP contribution in [0.2, 0.25) is 0 Å². The molecular weight excluding hydrogens is 249 g/mol. The van der Waals surface area contributed by atoms with E-state index in [4.69, 9.17) is 0 Å². The van der Waals surface area contributed by atoms with Gasteiger partial charge in [0.15, 0.2) is 0 Å². The number of aromatic hydroxyl groups is 2. The molecule has 4 nitrogen and oxygen atoms in total. The van der Waals surface area contributed by atoms with E-state index in [0.717, 1.165) is 5.56 Å². The van der Waals surface area contributed by atoms with E-state index in [1.165, 1.54) is 30.3 Å². The topological polar surface area (TPSA) is 69.6 Å². The Balaban J connectivity index is 2.34. The minimum Gasteiger partial charge on any atom is -0.507 e. The van der Waals surface area contributed by atoms with Crippen molar-refractivity contribution in [3.63, 3.8) is 0 Å². The number of anilines is 1. The van der Waals surface area contributed by atoms with Gasteiger partial charge in [0.1, 0.15) is 22.9 Å². The molecule has 0 spiro atoms. The molecule has 0 unspecified atom stereocenters. The van der Waals surface area contributed by atoms with Crippen molar-refractivity contribution in [2.24, 2.45) is 0 Å². The van der Waals surface area contributed by atoms with E-state index in [0.29, 0.717) is 0 Å². The van der Waals surface area contributed by atoms with Gasteiger partial charge in [-0.1, -0.05) is 12.1 Å². The fraction of sp³-hybridized carbons (Fsp3) is 0.0714. The zero-order valence-electron chi connectivity index (χ0n) is 10.1. The van der Waals surface area contributed by atoms with Crippen molar-refractivity contribution in [2.75, 3.05) is 5.32 Å². The van der Waals surface area contributed by atoms with Crippen molar-refractivity contribution >= 4 is 11.6 Å². The van der Waals surface area contributed by atoms with Crippen LogP contribution in [0.3, 0.4) is 0 Å². The first kappa shape index (κ1) is 12.9. The van der Waals surface area contributed by atoms with Crippen LogP contribution in [0, 0.1) is 12.7 Å². The van der Waals surface area contributed by atoms with Crippen molar-refractivity contribution in [3.05, 3.63) is 53.3 Å². The van der Waals surface area contributed by atoms with Gasteiger partial charge in [0.2, 0.25) is 0 Å². The lowest BCUT2D eigenvalue weighted by Gasteiger charge is -2.09. The maximum atomic E-state index is 13.5. The molecule has 0 saturated carbocycles. The lowest BCUT2D eigenvalue weighted by molar-refractivity contribution is 0.102. The van der Waals surface area contributed by atoms with Crippen LogP contribution >= 0.6 is 0 Å². The third kappa shape index (κ3) is 2.65. The maximum Gasteiger partial charge on any atom is 0.263 e. The fourth-order valence-corrected chi connectivity index (χ4v) is 1.68. The van der Waals surface area contributed by atoms with Gasteiger partial charge < -0.3 is 15.5 Å². The normalized spacial score (nSPS) is 10.2. The number of amides is 1. The first-order valence-electron chi connectivity index (χ1n) is 5.57. The van der Waals surface area contributed by atoms with Gasteiger partial charge in [-0.2, -0.15) is 0 Å². The van der Waals surface area contributed by atoms with Gasteiger partial charge in [-0.15, -0.1) is 0 Å². The van der Waals surface area contributed by atoms with Gasteiger partial charge in [-0.25, -0.2) is 4.39 Å². The molecule has 2 rings (SSSR count). The van der Waals surface area contributed by atoms with E-state index in [2.05, 4.69) is 5.32 Å². The summed E-state index contributed by atoms with van der Waals surface area (Å²) in [6.07, 6.45) is 0. The second-order valence-corrected chi connectivity index (χ2v) is 4.11. The van der Waals surface area contributed by atoms with E-state index >= 15 is 0 Å². The number of hydrogen-bond donors (Lipinski definition) is 3. The second kappa shape index (κ2) is 4.97. The van der Waals surface area contributed by atoms with E-state index < -0.39 is 11.7 Å². The molecule has 0 fully saturated rings. The highest BCUT2D eigenvalue weighted by molar-refractivity contribution is 6.08. The number of carbonyl (C=O) groups is 1. The summed E-state index contributed by atoms with van der Waals surface area (Å²) in [4.78, 5) is 11.9. The summed E-state index contributed by atoms with van der Waals surface area (Å²) < 4.78 is 13.5. The number of halogens is 1. The fourth-order valence-electron chi connectivity index (χ4n) is 1.68. The van der Waals surface area contributed by atoms with Gasteiger partial charge in [0.25, 0.3) is 5.91 Å². The highest BCUT2D eigenvalue weighted by Crippen LogP contribution is 2.27. The molecule has 98 valence electrons. The van der Waals surface area contributed by atoms with Crippen molar-refractivity contribution in [1.82, 2.24) is 0 Å². The zero-order chi connectivity index (χ0) is 14.0. The summed E-state index contributed by atoms with van der Waals surface area (Å²) in [7, 11) is 0. The van der Waals surface area contributed by atoms with Crippen LogP contribution in [0.4, 0.5) is 10.1 Å². The largest absolute Gasteiger partial charge is 0.507 e. The van der Waals surface area contributed by atoms with Crippen LogP contribution in [-0.4, -0.2) is 16.1 Å². The smallest absolute Gasteiger partial charge is 0.263 e. The molecule has 0 aliphatic heterocycles. The molecule has 1 amide bonds. The van der Waals surface area contributed by atoms with E-state index in [1.54, 1.807) is 13.0 Å². The van der Waals surface area contributed by atoms with Crippen molar-refractivity contribution in [2.45, 2.75) is 6.92 Å².